The molecule has 1 heterocycles. The van der Waals surface area contributed by atoms with E-state index in [0.717, 1.165) is 36.5 Å². The van der Waals surface area contributed by atoms with Crippen LogP contribution in [0.3, 0.4) is 0 Å². The average Bonchev–Trinajstić information content (AvgIpc) is 3.11. The van der Waals surface area contributed by atoms with Gasteiger partial charge in [-0.3, -0.25) is 0 Å². The monoisotopic (exact) mass is 327 g/mol. The summed E-state index contributed by atoms with van der Waals surface area (Å²) in [5.74, 6) is 0. The van der Waals surface area contributed by atoms with E-state index in [1.54, 1.807) is 11.3 Å². The zero-order chi connectivity index (χ0) is 16.3. The van der Waals surface area contributed by atoms with Crippen LogP contribution in [-0.4, -0.2) is 18.1 Å². The Bertz CT molecular complexity index is 601. The first-order valence-electron chi connectivity index (χ1n) is 8.46. The molecule has 0 spiro atoms. The molecule has 0 bridgehead atoms. The lowest BCUT2D eigenvalue weighted by Gasteiger charge is -2.25. The zero-order valence-electron chi connectivity index (χ0n) is 13.9. The van der Waals surface area contributed by atoms with Crippen molar-refractivity contribution < 1.29 is 0 Å². The quantitative estimate of drug-likeness (QED) is 0.574. The third-order valence-corrected chi connectivity index (χ3v) is 4.65. The van der Waals surface area contributed by atoms with Gasteiger partial charge in [0.05, 0.1) is 22.5 Å². The van der Waals surface area contributed by atoms with E-state index in [-0.39, 0.29) is 0 Å². The highest BCUT2D eigenvalue weighted by molar-refractivity contribution is 7.07. The van der Waals surface area contributed by atoms with E-state index >= 15 is 0 Å². The van der Waals surface area contributed by atoms with Gasteiger partial charge < -0.3 is 4.90 Å². The number of nitriles is 1. The van der Waals surface area contributed by atoms with Gasteiger partial charge in [-0.2, -0.15) is 5.26 Å². The molecule has 0 fully saturated rings. The molecule has 0 N–H and O–H groups in total. The van der Waals surface area contributed by atoms with Gasteiger partial charge in [-0.1, -0.05) is 44.7 Å². The molecule has 2 aromatic rings. The fourth-order valence-corrected chi connectivity index (χ4v) is 3.31. The number of anilines is 1. The summed E-state index contributed by atoms with van der Waals surface area (Å²) in [4.78, 5) is 6.72. The summed E-state index contributed by atoms with van der Waals surface area (Å²) in [7, 11) is 0. The van der Waals surface area contributed by atoms with Crippen LogP contribution >= 0.6 is 11.3 Å². The molecular formula is C19H25N3S. The van der Waals surface area contributed by atoms with Crippen molar-refractivity contribution in [1.29, 1.82) is 5.26 Å². The Morgan fingerprint density at radius 3 is 2.70 bits per heavy atom. The summed E-state index contributed by atoms with van der Waals surface area (Å²) in [6.45, 7) is 4.16. The van der Waals surface area contributed by atoms with Crippen molar-refractivity contribution in [3.05, 3.63) is 46.4 Å². The minimum absolute atomic E-state index is 0.763. The molecule has 1 aromatic heterocycles. The topological polar surface area (TPSA) is 39.9 Å². The van der Waals surface area contributed by atoms with Crippen molar-refractivity contribution in [3.63, 3.8) is 0 Å². The van der Waals surface area contributed by atoms with E-state index in [1.807, 2.05) is 23.7 Å². The minimum atomic E-state index is 0.763. The predicted octanol–water partition coefficient (Wildman–Crippen LogP) is 5.03. The molecule has 0 saturated heterocycles. The average molecular weight is 327 g/mol. The fourth-order valence-electron chi connectivity index (χ4n) is 2.71. The first-order valence-corrected chi connectivity index (χ1v) is 9.40. The van der Waals surface area contributed by atoms with Gasteiger partial charge in [-0.05, 0) is 18.6 Å². The zero-order valence-corrected chi connectivity index (χ0v) is 14.7. The van der Waals surface area contributed by atoms with E-state index < -0.39 is 0 Å². The molecule has 3 nitrogen and oxygen atoms in total. The van der Waals surface area contributed by atoms with Crippen molar-refractivity contribution in [2.45, 2.75) is 45.4 Å². The van der Waals surface area contributed by atoms with Gasteiger partial charge in [0, 0.05) is 24.9 Å². The first-order chi connectivity index (χ1) is 11.3. The number of nitrogens with zero attached hydrogens (tertiary/aromatic N) is 3. The second-order valence-electron chi connectivity index (χ2n) is 5.76. The minimum Gasteiger partial charge on any atom is -0.370 e. The molecule has 0 unspecified atom stereocenters. The van der Waals surface area contributed by atoms with Crippen molar-refractivity contribution in [3.8, 4) is 6.07 Å². The molecule has 0 saturated carbocycles. The largest absolute Gasteiger partial charge is 0.370 e. The van der Waals surface area contributed by atoms with Crippen LogP contribution in [0.15, 0.2) is 35.2 Å². The van der Waals surface area contributed by atoms with Crippen LogP contribution in [0.25, 0.3) is 0 Å². The lowest BCUT2D eigenvalue weighted by Crippen LogP contribution is -2.27. The smallest absolute Gasteiger partial charge is 0.101 e. The van der Waals surface area contributed by atoms with Crippen LogP contribution in [0.4, 0.5) is 5.69 Å². The Kier molecular flexibility index (Phi) is 7.62. The molecule has 0 atom stereocenters. The summed E-state index contributed by atoms with van der Waals surface area (Å²) in [5, 5.41) is 11.5. The second-order valence-corrected chi connectivity index (χ2v) is 6.48. The first kappa shape index (κ1) is 17.5. The Morgan fingerprint density at radius 2 is 1.96 bits per heavy atom. The number of para-hydroxylation sites is 1. The van der Waals surface area contributed by atoms with Crippen LogP contribution in [0, 0.1) is 11.3 Å². The van der Waals surface area contributed by atoms with Gasteiger partial charge in [-0.25, -0.2) is 4.98 Å². The van der Waals surface area contributed by atoms with Gasteiger partial charge in [0.25, 0.3) is 0 Å². The van der Waals surface area contributed by atoms with Gasteiger partial charge >= 0.3 is 0 Å². The summed E-state index contributed by atoms with van der Waals surface area (Å²) in [5.41, 5.74) is 4.84. The van der Waals surface area contributed by atoms with Crippen molar-refractivity contribution in [1.82, 2.24) is 4.98 Å². The van der Waals surface area contributed by atoms with Crippen LogP contribution in [0.1, 0.15) is 50.3 Å². The molecule has 2 rings (SSSR count). The van der Waals surface area contributed by atoms with E-state index in [1.165, 1.54) is 32.1 Å². The number of rotatable bonds is 10. The van der Waals surface area contributed by atoms with E-state index in [4.69, 9.17) is 0 Å². The van der Waals surface area contributed by atoms with Gasteiger partial charge in [-0.15, -0.1) is 11.3 Å². The molecule has 0 radical (unpaired) electrons. The maximum Gasteiger partial charge on any atom is 0.101 e. The molecule has 0 aliphatic heterocycles. The number of unbranched alkanes of at least 4 members (excludes halogenated alkanes) is 4. The predicted molar refractivity (Wildman–Crippen MR) is 97.9 cm³/mol. The Hall–Kier alpha value is -1.86. The molecule has 122 valence electrons. The van der Waals surface area contributed by atoms with Gasteiger partial charge in [0.1, 0.15) is 6.07 Å². The SMILES string of the molecule is CCCCCCCN(CCc1cscn1)c1ccccc1C#N. The van der Waals surface area contributed by atoms with Gasteiger partial charge in [0.2, 0.25) is 0 Å². The molecule has 4 heteroatoms. The Labute approximate surface area is 143 Å². The molecule has 1 aromatic carbocycles. The van der Waals surface area contributed by atoms with Crippen molar-refractivity contribution in [2.75, 3.05) is 18.0 Å². The highest BCUT2D eigenvalue weighted by atomic mass is 32.1. The third-order valence-electron chi connectivity index (χ3n) is 4.02. The Morgan fingerprint density at radius 1 is 1.13 bits per heavy atom. The van der Waals surface area contributed by atoms with Crippen molar-refractivity contribution >= 4 is 17.0 Å². The summed E-state index contributed by atoms with van der Waals surface area (Å²) in [6, 6.07) is 10.2. The van der Waals surface area contributed by atoms with Crippen LogP contribution < -0.4 is 4.90 Å². The molecule has 23 heavy (non-hydrogen) atoms. The summed E-state index contributed by atoms with van der Waals surface area (Å²) in [6.07, 6.45) is 7.25. The van der Waals surface area contributed by atoms with E-state index in [9.17, 15) is 5.26 Å². The van der Waals surface area contributed by atoms with E-state index in [2.05, 4.69) is 34.3 Å². The highest BCUT2D eigenvalue weighted by Gasteiger charge is 2.11. The normalized spacial score (nSPS) is 10.4. The van der Waals surface area contributed by atoms with Crippen molar-refractivity contribution in [2.24, 2.45) is 0 Å². The van der Waals surface area contributed by atoms with Gasteiger partial charge in [0.15, 0.2) is 0 Å². The number of hydrogen-bond acceptors (Lipinski definition) is 4. The number of benzene rings is 1. The summed E-state index contributed by atoms with van der Waals surface area (Å²) < 4.78 is 0. The number of aromatic nitrogens is 1. The fraction of sp³-hybridized carbons (Fsp3) is 0.474. The van der Waals surface area contributed by atoms with Crippen LogP contribution in [0.2, 0.25) is 0 Å². The Balaban J connectivity index is 1.99. The maximum absolute atomic E-state index is 9.37. The number of hydrogen-bond donors (Lipinski definition) is 0. The lowest BCUT2D eigenvalue weighted by molar-refractivity contribution is 0.616. The maximum atomic E-state index is 9.37. The lowest BCUT2D eigenvalue weighted by atomic mass is 10.1. The molecule has 0 amide bonds. The van der Waals surface area contributed by atoms with Crippen LogP contribution in [0.5, 0.6) is 0 Å². The third kappa shape index (κ3) is 5.69. The molecule has 0 aliphatic carbocycles. The van der Waals surface area contributed by atoms with E-state index in [0.29, 0.717) is 0 Å². The standard InChI is InChI=1S/C19H25N3S/c1-2-3-4-5-8-12-22(13-11-18-15-23-16-21-18)19-10-7-6-9-17(19)14-20/h6-7,9-10,15-16H,2-5,8,11-13H2,1H3. The highest BCUT2D eigenvalue weighted by Crippen LogP contribution is 2.21. The molecular weight excluding hydrogens is 302 g/mol. The second kappa shape index (κ2) is 10.0. The summed E-state index contributed by atoms with van der Waals surface area (Å²) >= 11 is 1.64. The van der Waals surface area contributed by atoms with Crippen LogP contribution in [-0.2, 0) is 6.42 Å². The number of thiazole rings is 1. The molecule has 0 aliphatic rings.